The van der Waals surface area contributed by atoms with E-state index in [1.54, 1.807) is 4.90 Å². The van der Waals surface area contributed by atoms with Crippen LogP contribution in [0.3, 0.4) is 0 Å². The summed E-state index contributed by atoms with van der Waals surface area (Å²) in [6.45, 7) is 4.92. The van der Waals surface area contributed by atoms with Gasteiger partial charge in [0.05, 0.1) is 0 Å². The van der Waals surface area contributed by atoms with Gasteiger partial charge in [0, 0.05) is 30.8 Å². The highest BCUT2D eigenvalue weighted by atomic mass is 35.5. The Morgan fingerprint density at radius 1 is 1.25 bits per heavy atom. The average Bonchev–Trinajstić information content (AvgIpc) is 2.03. The Balaban J connectivity index is 3.99. The zero-order valence-corrected chi connectivity index (χ0v) is 9.03. The van der Waals surface area contributed by atoms with Crippen LogP contribution in [0.2, 0.25) is 0 Å². The number of alkyl halides is 2. The lowest BCUT2D eigenvalue weighted by atomic mass is 10.2. The van der Waals surface area contributed by atoms with Crippen molar-refractivity contribution >= 4 is 29.1 Å². The maximum Gasteiger partial charge on any atom is 0.225 e. The summed E-state index contributed by atoms with van der Waals surface area (Å²) in [5.74, 6) is 1.08. The van der Waals surface area contributed by atoms with Crippen LogP contribution in [0.25, 0.3) is 0 Å². The fourth-order valence-electron chi connectivity index (χ4n) is 0.901. The minimum Gasteiger partial charge on any atom is -0.340 e. The second-order valence-corrected chi connectivity index (χ2v) is 3.61. The topological polar surface area (TPSA) is 20.3 Å². The Bertz CT molecular complexity index is 133. The minimum atomic E-state index is 0.0245. The standard InChI is InChI=1S/C8H15Cl2NO/c1-7(2)8(12)11(5-3-9)6-4-10/h7H,3-6H2,1-2H3. The van der Waals surface area contributed by atoms with Crippen molar-refractivity contribution in [1.29, 1.82) is 0 Å². The van der Waals surface area contributed by atoms with Crippen LogP contribution >= 0.6 is 23.2 Å². The largest absolute Gasteiger partial charge is 0.340 e. The van der Waals surface area contributed by atoms with Crippen molar-refractivity contribution in [3.05, 3.63) is 0 Å². The van der Waals surface area contributed by atoms with Gasteiger partial charge in [-0.2, -0.15) is 0 Å². The first-order chi connectivity index (χ1) is 5.63. The summed E-state index contributed by atoms with van der Waals surface area (Å²) in [7, 11) is 0. The van der Waals surface area contributed by atoms with Gasteiger partial charge in [0.25, 0.3) is 0 Å². The summed E-state index contributed by atoms with van der Waals surface area (Å²) < 4.78 is 0. The zero-order chi connectivity index (χ0) is 9.56. The van der Waals surface area contributed by atoms with E-state index >= 15 is 0 Å². The molecular weight excluding hydrogens is 197 g/mol. The number of carbonyl (C=O) groups excluding carboxylic acids is 1. The summed E-state index contributed by atoms with van der Waals surface area (Å²) >= 11 is 11.1. The number of carbonyl (C=O) groups is 1. The molecule has 2 nitrogen and oxygen atoms in total. The molecule has 0 N–H and O–H groups in total. The molecule has 72 valence electrons. The summed E-state index contributed by atoms with van der Waals surface area (Å²) in [6, 6.07) is 0. The molecule has 0 rings (SSSR count). The first kappa shape index (κ1) is 12.0. The van der Waals surface area contributed by atoms with Gasteiger partial charge in [0.15, 0.2) is 0 Å². The normalized spacial score (nSPS) is 10.4. The number of halogens is 2. The van der Waals surface area contributed by atoms with Crippen LogP contribution in [0.4, 0.5) is 0 Å². The van der Waals surface area contributed by atoms with E-state index in [9.17, 15) is 4.79 Å². The Morgan fingerprint density at radius 3 is 1.92 bits per heavy atom. The van der Waals surface area contributed by atoms with Crippen LogP contribution in [0, 0.1) is 5.92 Å². The highest BCUT2D eigenvalue weighted by molar-refractivity contribution is 6.18. The summed E-state index contributed by atoms with van der Waals surface area (Å²) in [4.78, 5) is 13.1. The van der Waals surface area contributed by atoms with Crippen molar-refractivity contribution in [3.63, 3.8) is 0 Å². The predicted molar refractivity (Wildman–Crippen MR) is 52.9 cm³/mol. The van der Waals surface area contributed by atoms with E-state index < -0.39 is 0 Å². The van der Waals surface area contributed by atoms with E-state index in [1.807, 2.05) is 13.8 Å². The molecule has 0 aromatic carbocycles. The van der Waals surface area contributed by atoms with Gasteiger partial charge in [-0.15, -0.1) is 23.2 Å². The summed E-state index contributed by atoms with van der Waals surface area (Å²) in [6.07, 6.45) is 0. The van der Waals surface area contributed by atoms with Gasteiger partial charge < -0.3 is 4.90 Å². The van der Waals surface area contributed by atoms with E-state index in [1.165, 1.54) is 0 Å². The van der Waals surface area contributed by atoms with Gasteiger partial charge in [-0.05, 0) is 0 Å². The number of hydrogen-bond acceptors (Lipinski definition) is 1. The quantitative estimate of drug-likeness (QED) is 0.638. The molecule has 0 aromatic rings. The van der Waals surface area contributed by atoms with E-state index in [0.29, 0.717) is 24.8 Å². The first-order valence-electron chi connectivity index (χ1n) is 4.04. The van der Waals surface area contributed by atoms with Crippen molar-refractivity contribution in [3.8, 4) is 0 Å². The average molecular weight is 212 g/mol. The highest BCUT2D eigenvalue weighted by Crippen LogP contribution is 2.02. The Morgan fingerprint density at radius 2 is 1.67 bits per heavy atom. The molecule has 0 atom stereocenters. The van der Waals surface area contributed by atoms with E-state index in [4.69, 9.17) is 23.2 Å². The monoisotopic (exact) mass is 211 g/mol. The molecule has 0 aromatic heterocycles. The predicted octanol–water partition coefficient (Wildman–Crippen LogP) is 1.95. The van der Waals surface area contributed by atoms with Gasteiger partial charge in [0.1, 0.15) is 0 Å². The lowest BCUT2D eigenvalue weighted by Gasteiger charge is -2.22. The Kier molecular flexibility index (Phi) is 6.58. The third-order valence-electron chi connectivity index (χ3n) is 1.51. The third-order valence-corrected chi connectivity index (χ3v) is 1.85. The molecule has 0 bridgehead atoms. The number of amides is 1. The zero-order valence-electron chi connectivity index (χ0n) is 7.52. The molecule has 0 aliphatic heterocycles. The molecule has 12 heavy (non-hydrogen) atoms. The van der Waals surface area contributed by atoms with E-state index in [0.717, 1.165) is 0 Å². The molecule has 0 fully saturated rings. The van der Waals surface area contributed by atoms with Gasteiger partial charge >= 0.3 is 0 Å². The molecule has 0 aliphatic carbocycles. The maximum absolute atomic E-state index is 11.4. The third kappa shape index (κ3) is 4.17. The minimum absolute atomic E-state index is 0.0245. The lowest BCUT2D eigenvalue weighted by molar-refractivity contribution is -0.133. The number of nitrogens with zero attached hydrogens (tertiary/aromatic N) is 1. The fourth-order valence-corrected chi connectivity index (χ4v) is 1.31. The van der Waals surface area contributed by atoms with Crippen molar-refractivity contribution in [2.24, 2.45) is 5.92 Å². The van der Waals surface area contributed by atoms with E-state index in [2.05, 4.69) is 0 Å². The number of rotatable bonds is 5. The SMILES string of the molecule is CC(C)C(=O)N(CCCl)CCCl. The molecule has 0 aliphatic rings. The van der Waals surface area contributed by atoms with Crippen LogP contribution < -0.4 is 0 Å². The molecule has 0 radical (unpaired) electrons. The fraction of sp³-hybridized carbons (Fsp3) is 0.875. The second-order valence-electron chi connectivity index (χ2n) is 2.86. The van der Waals surface area contributed by atoms with Crippen molar-refractivity contribution < 1.29 is 4.79 Å². The summed E-state index contributed by atoms with van der Waals surface area (Å²) in [5, 5.41) is 0. The van der Waals surface area contributed by atoms with Crippen LogP contribution in [0.15, 0.2) is 0 Å². The first-order valence-corrected chi connectivity index (χ1v) is 5.11. The van der Waals surface area contributed by atoms with E-state index in [-0.39, 0.29) is 11.8 Å². The summed E-state index contributed by atoms with van der Waals surface area (Å²) in [5.41, 5.74) is 0. The van der Waals surface area contributed by atoms with Crippen LogP contribution in [0.5, 0.6) is 0 Å². The molecule has 1 amide bonds. The lowest BCUT2D eigenvalue weighted by Crippen LogP contribution is -2.37. The number of hydrogen-bond donors (Lipinski definition) is 0. The molecule has 0 saturated heterocycles. The molecule has 4 heteroatoms. The van der Waals surface area contributed by atoms with Gasteiger partial charge in [-0.3, -0.25) is 4.79 Å². The Labute approximate surface area is 83.8 Å². The van der Waals surface area contributed by atoms with Crippen molar-refractivity contribution in [2.45, 2.75) is 13.8 Å². The van der Waals surface area contributed by atoms with Crippen LogP contribution in [0.1, 0.15) is 13.8 Å². The maximum atomic E-state index is 11.4. The van der Waals surface area contributed by atoms with Crippen LogP contribution in [-0.4, -0.2) is 35.7 Å². The van der Waals surface area contributed by atoms with Crippen molar-refractivity contribution in [2.75, 3.05) is 24.8 Å². The van der Waals surface area contributed by atoms with Gasteiger partial charge in [-0.1, -0.05) is 13.8 Å². The van der Waals surface area contributed by atoms with Crippen LogP contribution in [-0.2, 0) is 4.79 Å². The van der Waals surface area contributed by atoms with Gasteiger partial charge in [-0.25, -0.2) is 0 Å². The molecule has 0 unspecified atom stereocenters. The Hall–Kier alpha value is 0.0500. The second kappa shape index (κ2) is 6.55. The highest BCUT2D eigenvalue weighted by Gasteiger charge is 2.15. The van der Waals surface area contributed by atoms with Crippen molar-refractivity contribution in [1.82, 2.24) is 4.90 Å². The smallest absolute Gasteiger partial charge is 0.225 e. The van der Waals surface area contributed by atoms with Gasteiger partial charge in [0.2, 0.25) is 5.91 Å². The molecule has 0 saturated carbocycles. The molecule has 0 heterocycles. The molecular formula is C8H15Cl2NO. The molecule has 0 spiro atoms.